The summed E-state index contributed by atoms with van der Waals surface area (Å²) in [5, 5.41) is 2.15. The van der Waals surface area contributed by atoms with E-state index in [0.717, 1.165) is 27.7 Å². The van der Waals surface area contributed by atoms with Gasteiger partial charge in [-0.3, -0.25) is 9.05 Å². The van der Waals surface area contributed by atoms with Crippen LogP contribution in [0.2, 0.25) is 0 Å². The first-order valence-electron chi connectivity index (χ1n) is 6.99. The van der Waals surface area contributed by atoms with E-state index in [1.165, 1.54) is 0 Å². The Morgan fingerprint density at radius 3 is 2.50 bits per heavy atom. The maximum Gasteiger partial charge on any atom is 0.394 e. The molecule has 0 aliphatic carbocycles. The molecule has 1 saturated heterocycles. The molecular formula is C16H17O3PS2. The zero-order chi connectivity index (χ0) is 15.8. The third-order valence-corrected chi connectivity index (χ3v) is 7.62. The summed E-state index contributed by atoms with van der Waals surface area (Å²) in [6.45, 7) is 1.64. The lowest BCUT2D eigenvalue weighted by molar-refractivity contribution is 0.0502. The number of rotatable bonds is 2. The van der Waals surface area contributed by atoms with Crippen LogP contribution in [0, 0.1) is 5.41 Å². The molecule has 0 bridgehead atoms. The smallest absolute Gasteiger partial charge is 0.300 e. The van der Waals surface area contributed by atoms with Gasteiger partial charge in [0.2, 0.25) is 0 Å². The summed E-state index contributed by atoms with van der Waals surface area (Å²) < 4.78 is 24.2. The second kappa shape index (κ2) is 6.06. The van der Waals surface area contributed by atoms with Gasteiger partial charge < -0.3 is 0 Å². The fourth-order valence-corrected chi connectivity index (χ4v) is 6.40. The Kier molecular flexibility index (Phi) is 4.45. The first-order chi connectivity index (χ1) is 10.4. The van der Waals surface area contributed by atoms with E-state index in [1.807, 2.05) is 56.3 Å². The minimum absolute atomic E-state index is 0.116. The summed E-state index contributed by atoms with van der Waals surface area (Å²) in [5.74, 6) is 0. The SMILES string of the molecule is CC1(C)COP(=O)(SC(=S)c2cccc3ccccc23)OC1. The van der Waals surface area contributed by atoms with Crippen molar-refractivity contribution in [2.75, 3.05) is 13.2 Å². The van der Waals surface area contributed by atoms with Crippen LogP contribution in [0.25, 0.3) is 10.8 Å². The predicted molar refractivity (Wildman–Crippen MR) is 96.5 cm³/mol. The lowest BCUT2D eigenvalue weighted by atomic mass is 9.97. The monoisotopic (exact) mass is 352 g/mol. The number of hydrogen-bond acceptors (Lipinski definition) is 5. The average Bonchev–Trinajstić information content (AvgIpc) is 2.50. The summed E-state index contributed by atoms with van der Waals surface area (Å²) in [6.07, 6.45) is 0. The van der Waals surface area contributed by atoms with Gasteiger partial charge in [-0.1, -0.05) is 68.5 Å². The molecule has 116 valence electrons. The van der Waals surface area contributed by atoms with Gasteiger partial charge in [-0.05, 0) is 10.8 Å². The van der Waals surface area contributed by atoms with Crippen molar-refractivity contribution in [3.05, 3.63) is 48.0 Å². The highest BCUT2D eigenvalue weighted by Gasteiger charge is 2.38. The van der Waals surface area contributed by atoms with Crippen LogP contribution in [0.5, 0.6) is 0 Å². The molecule has 3 nitrogen and oxygen atoms in total. The summed E-state index contributed by atoms with van der Waals surface area (Å²) in [4.78, 5) is 0. The van der Waals surface area contributed by atoms with E-state index in [-0.39, 0.29) is 5.41 Å². The van der Waals surface area contributed by atoms with Crippen molar-refractivity contribution in [1.82, 2.24) is 0 Å². The van der Waals surface area contributed by atoms with Gasteiger partial charge in [0.25, 0.3) is 0 Å². The molecule has 0 amide bonds. The van der Waals surface area contributed by atoms with Crippen LogP contribution in [0.3, 0.4) is 0 Å². The molecule has 1 heterocycles. The molecule has 1 fully saturated rings. The van der Waals surface area contributed by atoms with E-state index in [9.17, 15) is 4.57 Å². The van der Waals surface area contributed by atoms with Crippen LogP contribution in [-0.2, 0) is 13.6 Å². The van der Waals surface area contributed by atoms with Gasteiger partial charge in [0, 0.05) is 22.4 Å². The average molecular weight is 352 g/mol. The molecule has 0 aromatic heterocycles. The molecule has 0 N–H and O–H groups in total. The maximum atomic E-state index is 12.7. The molecule has 0 radical (unpaired) electrons. The molecule has 22 heavy (non-hydrogen) atoms. The third kappa shape index (κ3) is 3.44. The highest BCUT2D eigenvalue weighted by molar-refractivity contribution is 8.65. The summed E-state index contributed by atoms with van der Waals surface area (Å²) in [6, 6.07) is 13.9. The number of benzene rings is 2. The predicted octanol–water partition coefficient (Wildman–Crippen LogP) is 5.43. The van der Waals surface area contributed by atoms with Gasteiger partial charge in [-0.15, -0.1) is 0 Å². The van der Waals surface area contributed by atoms with Crippen molar-refractivity contribution in [1.29, 1.82) is 0 Å². The van der Waals surface area contributed by atoms with Crippen molar-refractivity contribution in [3.8, 4) is 0 Å². The summed E-state index contributed by atoms with van der Waals surface area (Å²) in [5.41, 5.74) is 0.778. The van der Waals surface area contributed by atoms with Crippen LogP contribution < -0.4 is 0 Å². The lowest BCUT2D eigenvalue weighted by Crippen LogP contribution is -2.28. The van der Waals surface area contributed by atoms with Gasteiger partial charge in [0.05, 0.1) is 17.4 Å². The van der Waals surface area contributed by atoms with E-state index in [0.29, 0.717) is 17.4 Å². The Morgan fingerprint density at radius 1 is 1.14 bits per heavy atom. The second-order valence-corrected chi connectivity index (χ2v) is 10.6. The van der Waals surface area contributed by atoms with Crippen LogP contribution >= 0.6 is 30.4 Å². The molecule has 1 aliphatic heterocycles. The van der Waals surface area contributed by atoms with Crippen molar-refractivity contribution >= 4 is 45.4 Å². The number of fused-ring (bicyclic) bond motifs is 1. The summed E-state index contributed by atoms with van der Waals surface area (Å²) in [7, 11) is 0. The fourth-order valence-electron chi connectivity index (χ4n) is 2.19. The molecule has 3 rings (SSSR count). The van der Waals surface area contributed by atoms with Crippen LogP contribution in [0.1, 0.15) is 19.4 Å². The van der Waals surface area contributed by atoms with E-state index >= 15 is 0 Å². The van der Waals surface area contributed by atoms with Crippen LogP contribution in [-0.4, -0.2) is 17.4 Å². The molecule has 2 aromatic carbocycles. The van der Waals surface area contributed by atoms with E-state index in [1.54, 1.807) is 0 Å². The van der Waals surface area contributed by atoms with Crippen molar-refractivity contribution in [3.63, 3.8) is 0 Å². The van der Waals surface area contributed by atoms with Gasteiger partial charge in [-0.25, -0.2) is 4.57 Å². The van der Waals surface area contributed by atoms with E-state index < -0.39 is 6.80 Å². The number of hydrogen-bond donors (Lipinski definition) is 0. The zero-order valence-electron chi connectivity index (χ0n) is 12.4. The molecule has 1 aliphatic rings. The molecule has 0 unspecified atom stereocenters. The zero-order valence-corrected chi connectivity index (χ0v) is 15.0. The lowest BCUT2D eigenvalue weighted by Gasteiger charge is -2.33. The Hall–Kier alpha value is -0.710. The standard InChI is InChI=1S/C16H17O3PS2/c1-16(2)10-18-20(17,19-11-16)22-15(21)14-9-5-7-12-6-3-4-8-13(12)14/h3-9H,10-11H2,1-2H3. The molecule has 0 spiro atoms. The van der Waals surface area contributed by atoms with Crippen molar-refractivity contribution in [2.45, 2.75) is 13.8 Å². The molecule has 0 atom stereocenters. The largest absolute Gasteiger partial charge is 0.394 e. The maximum absolute atomic E-state index is 12.7. The van der Waals surface area contributed by atoms with Crippen LogP contribution in [0.15, 0.2) is 42.5 Å². The summed E-state index contributed by atoms with van der Waals surface area (Å²) >= 11 is 6.52. The van der Waals surface area contributed by atoms with Crippen LogP contribution in [0.4, 0.5) is 0 Å². The minimum Gasteiger partial charge on any atom is -0.300 e. The number of thiocarbonyl (C=S) groups is 1. The van der Waals surface area contributed by atoms with Crippen molar-refractivity contribution < 1.29 is 13.6 Å². The second-order valence-electron chi connectivity index (χ2n) is 6.06. The minimum atomic E-state index is -3.22. The van der Waals surface area contributed by atoms with Gasteiger partial charge in [0.15, 0.2) is 0 Å². The first kappa shape index (κ1) is 16.2. The van der Waals surface area contributed by atoms with Gasteiger partial charge in [0.1, 0.15) is 0 Å². The Morgan fingerprint density at radius 2 is 1.77 bits per heavy atom. The molecular weight excluding hydrogens is 335 g/mol. The fraction of sp³-hybridized carbons (Fsp3) is 0.312. The highest BCUT2D eigenvalue weighted by atomic mass is 32.7. The highest BCUT2D eigenvalue weighted by Crippen LogP contribution is 2.65. The molecule has 2 aromatic rings. The Labute approximate surface area is 139 Å². The Balaban J connectivity index is 1.84. The quantitative estimate of drug-likeness (QED) is 0.532. The topological polar surface area (TPSA) is 35.5 Å². The molecule has 6 heteroatoms. The van der Waals surface area contributed by atoms with E-state index in [4.69, 9.17) is 21.3 Å². The Bertz CT molecular complexity index is 754. The van der Waals surface area contributed by atoms with Gasteiger partial charge in [-0.2, -0.15) is 0 Å². The van der Waals surface area contributed by atoms with Gasteiger partial charge >= 0.3 is 6.80 Å². The molecule has 0 saturated carbocycles. The van der Waals surface area contributed by atoms with E-state index in [2.05, 4.69) is 0 Å². The third-order valence-electron chi connectivity index (χ3n) is 3.43. The normalized spacial score (nSPS) is 19.9. The first-order valence-corrected chi connectivity index (χ1v) is 10.4. The van der Waals surface area contributed by atoms with Crippen molar-refractivity contribution in [2.24, 2.45) is 5.41 Å².